The number of nitrogens with zero attached hydrogens (tertiary/aromatic N) is 2. The van der Waals surface area contributed by atoms with Crippen LogP contribution in [0.3, 0.4) is 0 Å². The largest absolute Gasteiger partial charge is 0.441 e. The normalized spacial score (nSPS) is 21.0. The van der Waals surface area contributed by atoms with Gasteiger partial charge < -0.3 is 9.32 Å². The molecule has 0 spiro atoms. The Kier molecular flexibility index (Phi) is 5.24. The summed E-state index contributed by atoms with van der Waals surface area (Å²) in [6.45, 7) is 6.14. The van der Waals surface area contributed by atoms with Crippen LogP contribution in [0.4, 0.5) is 0 Å². The van der Waals surface area contributed by atoms with Gasteiger partial charge in [-0.15, -0.1) is 0 Å². The summed E-state index contributed by atoms with van der Waals surface area (Å²) < 4.78 is 5.76. The van der Waals surface area contributed by atoms with E-state index >= 15 is 0 Å². The third-order valence-electron chi connectivity index (χ3n) is 4.47. The standard InChI is InChI=1S/C19H23ClN2O2/c1-13-9-14(2)12-22(11-13)19(23)8-7-18-21-10-17(24-18)15-5-3-4-6-16(15)20/h3-6,10,13-14H,7-9,11-12H2,1-2H3/t13-,14-/m0/s1. The fourth-order valence-electron chi connectivity index (χ4n) is 3.45. The highest BCUT2D eigenvalue weighted by molar-refractivity contribution is 6.33. The zero-order valence-corrected chi connectivity index (χ0v) is 14.9. The Labute approximate surface area is 147 Å². The third kappa shape index (κ3) is 3.99. The van der Waals surface area contributed by atoms with Gasteiger partial charge in [-0.25, -0.2) is 4.98 Å². The molecular weight excluding hydrogens is 324 g/mol. The summed E-state index contributed by atoms with van der Waals surface area (Å²) in [5.74, 6) is 2.56. The smallest absolute Gasteiger partial charge is 0.223 e. The van der Waals surface area contributed by atoms with Crippen molar-refractivity contribution in [2.75, 3.05) is 13.1 Å². The highest BCUT2D eigenvalue weighted by Crippen LogP contribution is 2.28. The number of likely N-dealkylation sites (tertiary alicyclic amines) is 1. The van der Waals surface area contributed by atoms with Gasteiger partial charge in [-0.1, -0.05) is 37.6 Å². The van der Waals surface area contributed by atoms with E-state index in [4.69, 9.17) is 16.0 Å². The summed E-state index contributed by atoms with van der Waals surface area (Å²) in [4.78, 5) is 18.7. The quantitative estimate of drug-likeness (QED) is 0.822. The predicted octanol–water partition coefficient (Wildman–Crippen LogP) is 4.43. The van der Waals surface area contributed by atoms with Crippen LogP contribution in [0.25, 0.3) is 11.3 Å². The zero-order chi connectivity index (χ0) is 17.1. The number of oxazole rings is 1. The summed E-state index contributed by atoms with van der Waals surface area (Å²) in [5, 5.41) is 0.632. The minimum absolute atomic E-state index is 0.186. The van der Waals surface area contributed by atoms with Gasteiger partial charge >= 0.3 is 0 Å². The Morgan fingerprint density at radius 1 is 1.29 bits per heavy atom. The number of hydrogen-bond donors (Lipinski definition) is 0. The van der Waals surface area contributed by atoms with Crippen LogP contribution in [0.15, 0.2) is 34.9 Å². The van der Waals surface area contributed by atoms with Crippen molar-refractivity contribution in [1.29, 1.82) is 0 Å². The van der Waals surface area contributed by atoms with Gasteiger partial charge in [0.1, 0.15) is 0 Å². The fourth-order valence-corrected chi connectivity index (χ4v) is 3.68. The average Bonchev–Trinajstić information content (AvgIpc) is 3.01. The molecule has 3 rings (SSSR count). The van der Waals surface area contributed by atoms with Crippen LogP contribution in [0.2, 0.25) is 5.02 Å². The molecule has 0 aliphatic carbocycles. The maximum atomic E-state index is 12.4. The molecule has 1 fully saturated rings. The molecule has 2 heterocycles. The number of amides is 1. The van der Waals surface area contributed by atoms with E-state index in [0.29, 0.717) is 41.4 Å². The summed E-state index contributed by atoms with van der Waals surface area (Å²) in [5.41, 5.74) is 0.822. The van der Waals surface area contributed by atoms with Gasteiger partial charge in [0.25, 0.3) is 0 Å². The summed E-state index contributed by atoms with van der Waals surface area (Å²) in [6.07, 6.45) is 3.82. The first-order valence-electron chi connectivity index (χ1n) is 8.50. The highest BCUT2D eigenvalue weighted by Gasteiger charge is 2.25. The fraction of sp³-hybridized carbons (Fsp3) is 0.474. The van der Waals surface area contributed by atoms with Crippen molar-refractivity contribution in [3.05, 3.63) is 41.4 Å². The van der Waals surface area contributed by atoms with E-state index in [1.165, 1.54) is 6.42 Å². The number of carbonyl (C=O) groups is 1. The topological polar surface area (TPSA) is 46.3 Å². The van der Waals surface area contributed by atoms with E-state index in [1.54, 1.807) is 6.20 Å². The molecular formula is C19H23ClN2O2. The van der Waals surface area contributed by atoms with Gasteiger partial charge in [0.15, 0.2) is 11.7 Å². The molecule has 1 saturated heterocycles. The van der Waals surface area contributed by atoms with Gasteiger partial charge in [-0.05, 0) is 30.4 Å². The van der Waals surface area contributed by atoms with Crippen molar-refractivity contribution >= 4 is 17.5 Å². The first-order chi connectivity index (χ1) is 11.5. The third-order valence-corrected chi connectivity index (χ3v) is 4.80. The molecule has 2 aromatic rings. The first kappa shape index (κ1) is 17.0. The van der Waals surface area contributed by atoms with Crippen LogP contribution < -0.4 is 0 Å². The van der Waals surface area contributed by atoms with Gasteiger partial charge in [-0.2, -0.15) is 0 Å². The monoisotopic (exact) mass is 346 g/mol. The number of piperidine rings is 1. The van der Waals surface area contributed by atoms with Gasteiger partial charge in [-0.3, -0.25) is 4.79 Å². The average molecular weight is 347 g/mol. The van der Waals surface area contributed by atoms with Crippen molar-refractivity contribution in [3.63, 3.8) is 0 Å². The summed E-state index contributed by atoms with van der Waals surface area (Å²) >= 11 is 6.18. The first-order valence-corrected chi connectivity index (χ1v) is 8.88. The molecule has 4 nitrogen and oxygen atoms in total. The molecule has 0 saturated carbocycles. The number of halogens is 1. The van der Waals surface area contributed by atoms with E-state index in [9.17, 15) is 4.79 Å². The van der Waals surface area contributed by atoms with Crippen LogP contribution in [-0.4, -0.2) is 28.9 Å². The minimum atomic E-state index is 0.186. The molecule has 1 aromatic heterocycles. The summed E-state index contributed by atoms with van der Waals surface area (Å²) in [7, 11) is 0. The van der Waals surface area contributed by atoms with Crippen LogP contribution in [0.1, 0.15) is 32.6 Å². The number of aromatic nitrogens is 1. The molecule has 0 radical (unpaired) electrons. The van der Waals surface area contributed by atoms with Gasteiger partial charge in [0.05, 0.1) is 11.2 Å². The number of aryl methyl sites for hydroxylation is 1. The van der Waals surface area contributed by atoms with Crippen LogP contribution >= 0.6 is 11.6 Å². The molecule has 0 unspecified atom stereocenters. The lowest BCUT2D eigenvalue weighted by Gasteiger charge is -2.35. The lowest BCUT2D eigenvalue weighted by Crippen LogP contribution is -2.42. The molecule has 5 heteroatoms. The molecule has 0 N–H and O–H groups in total. The minimum Gasteiger partial charge on any atom is -0.441 e. The van der Waals surface area contributed by atoms with E-state index in [2.05, 4.69) is 18.8 Å². The number of carbonyl (C=O) groups excluding carboxylic acids is 1. The number of benzene rings is 1. The second-order valence-electron chi connectivity index (χ2n) is 6.84. The van der Waals surface area contributed by atoms with E-state index in [0.717, 1.165) is 18.7 Å². The molecule has 0 bridgehead atoms. The molecule has 24 heavy (non-hydrogen) atoms. The van der Waals surface area contributed by atoms with Crippen LogP contribution in [0.5, 0.6) is 0 Å². The Morgan fingerprint density at radius 3 is 2.71 bits per heavy atom. The SMILES string of the molecule is C[C@H]1C[C@H](C)CN(C(=O)CCc2ncc(-c3ccccc3Cl)o2)C1. The number of rotatable bonds is 4. The molecule has 2 atom stereocenters. The second kappa shape index (κ2) is 7.39. The van der Waals surface area contributed by atoms with E-state index < -0.39 is 0 Å². The Hall–Kier alpha value is -1.81. The van der Waals surface area contributed by atoms with Crippen LogP contribution in [-0.2, 0) is 11.2 Å². The predicted molar refractivity (Wildman–Crippen MR) is 94.8 cm³/mol. The maximum absolute atomic E-state index is 12.4. The Bertz CT molecular complexity index is 703. The molecule has 1 aliphatic rings. The summed E-state index contributed by atoms with van der Waals surface area (Å²) in [6, 6.07) is 7.50. The van der Waals surface area contributed by atoms with Crippen molar-refractivity contribution in [3.8, 4) is 11.3 Å². The van der Waals surface area contributed by atoms with Gasteiger partial charge in [0, 0.05) is 31.5 Å². The van der Waals surface area contributed by atoms with E-state index in [1.807, 2.05) is 29.2 Å². The zero-order valence-electron chi connectivity index (χ0n) is 14.2. The molecule has 128 valence electrons. The lowest BCUT2D eigenvalue weighted by atomic mass is 9.91. The second-order valence-corrected chi connectivity index (χ2v) is 7.25. The Morgan fingerprint density at radius 2 is 2.00 bits per heavy atom. The van der Waals surface area contributed by atoms with Gasteiger partial charge in [0.2, 0.25) is 5.91 Å². The van der Waals surface area contributed by atoms with Crippen molar-refractivity contribution in [2.24, 2.45) is 11.8 Å². The van der Waals surface area contributed by atoms with Crippen LogP contribution in [0, 0.1) is 11.8 Å². The van der Waals surface area contributed by atoms with E-state index in [-0.39, 0.29) is 5.91 Å². The number of hydrogen-bond acceptors (Lipinski definition) is 3. The van der Waals surface area contributed by atoms with Crippen molar-refractivity contribution in [1.82, 2.24) is 9.88 Å². The molecule has 1 aliphatic heterocycles. The molecule has 1 amide bonds. The van der Waals surface area contributed by atoms with Crippen molar-refractivity contribution in [2.45, 2.75) is 33.1 Å². The molecule has 1 aromatic carbocycles. The highest BCUT2D eigenvalue weighted by atomic mass is 35.5. The Balaban J connectivity index is 1.59. The maximum Gasteiger partial charge on any atom is 0.223 e. The lowest BCUT2D eigenvalue weighted by molar-refractivity contribution is -0.133. The van der Waals surface area contributed by atoms with Crippen molar-refractivity contribution < 1.29 is 9.21 Å².